The molecule has 0 saturated carbocycles. The zero-order valence-corrected chi connectivity index (χ0v) is 12.8. The Kier molecular flexibility index (Phi) is 5.17. The van der Waals surface area contributed by atoms with Crippen molar-refractivity contribution in [2.24, 2.45) is 5.92 Å². The maximum Gasteiger partial charge on any atom is 0.252 e. The topological polar surface area (TPSA) is 61.0 Å². The van der Waals surface area contributed by atoms with Crippen LogP contribution < -0.4 is 15.8 Å². The Morgan fingerprint density at radius 1 is 1.45 bits per heavy atom. The van der Waals surface area contributed by atoms with Gasteiger partial charge in [0.2, 0.25) is 0 Å². The Balaban J connectivity index is 2.01. The van der Waals surface area contributed by atoms with Gasteiger partial charge in [-0.2, -0.15) is 0 Å². The summed E-state index contributed by atoms with van der Waals surface area (Å²) in [5, 5.41) is 3.42. The van der Waals surface area contributed by atoms with Crippen molar-refractivity contribution in [3.8, 4) is 0 Å². The highest BCUT2D eigenvalue weighted by molar-refractivity contribution is 5.38. The number of hydrogen-bond acceptors (Lipinski definition) is 4. The maximum atomic E-state index is 11.7. The van der Waals surface area contributed by atoms with Crippen LogP contribution in [0.5, 0.6) is 0 Å². The van der Waals surface area contributed by atoms with Gasteiger partial charge in [-0.3, -0.25) is 4.79 Å². The molecule has 1 saturated heterocycles. The summed E-state index contributed by atoms with van der Waals surface area (Å²) in [5.74, 6) is 2.60. The van der Waals surface area contributed by atoms with Gasteiger partial charge in [-0.1, -0.05) is 20.8 Å². The third-order valence-electron chi connectivity index (χ3n) is 3.91. The summed E-state index contributed by atoms with van der Waals surface area (Å²) in [7, 11) is 0. The van der Waals surface area contributed by atoms with Crippen molar-refractivity contribution < 1.29 is 0 Å². The van der Waals surface area contributed by atoms with Crippen LogP contribution in [0.15, 0.2) is 10.9 Å². The molecule has 0 unspecified atom stereocenters. The van der Waals surface area contributed by atoms with E-state index in [9.17, 15) is 4.79 Å². The molecule has 2 heterocycles. The molecule has 2 N–H and O–H groups in total. The van der Waals surface area contributed by atoms with Crippen LogP contribution in [-0.2, 0) is 0 Å². The zero-order chi connectivity index (χ0) is 14.5. The van der Waals surface area contributed by atoms with Crippen molar-refractivity contribution in [1.29, 1.82) is 0 Å². The molecule has 0 bridgehead atoms. The molecule has 1 fully saturated rings. The van der Waals surface area contributed by atoms with Crippen LogP contribution in [0.25, 0.3) is 0 Å². The fraction of sp³-hybridized carbons (Fsp3) is 0.733. The van der Waals surface area contributed by atoms with E-state index in [1.807, 2.05) is 13.8 Å². The van der Waals surface area contributed by atoms with Gasteiger partial charge in [0, 0.05) is 25.1 Å². The van der Waals surface area contributed by atoms with E-state index < -0.39 is 0 Å². The summed E-state index contributed by atoms with van der Waals surface area (Å²) >= 11 is 0. The first-order chi connectivity index (χ1) is 9.60. The van der Waals surface area contributed by atoms with Gasteiger partial charge in [-0.15, -0.1) is 0 Å². The molecule has 112 valence electrons. The minimum absolute atomic E-state index is 0.0477. The summed E-state index contributed by atoms with van der Waals surface area (Å²) in [5.41, 5.74) is -0.0477. The molecule has 0 aromatic carbocycles. The van der Waals surface area contributed by atoms with Crippen LogP contribution in [0.2, 0.25) is 0 Å². The van der Waals surface area contributed by atoms with E-state index >= 15 is 0 Å². The van der Waals surface area contributed by atoms with Crippen LogP contribution in [0, 0.1) is 5.92 Å². The second-order valence-electron chi connectivity index (χ2n) is 5.88. The van der Waals surface area contributed by atoms with E-state index in [0.29, 0.717) is 0 Å². The molecule has 0 atom stereocenters. The highest BCUT2D eigenvalue weighted by atomic mass is 16.1. The summed E-state index contributed by atoms with van der Waals surface area (Å²) in [4.78, 5) is 21.4. The van der Waals surface area contributed by atoms with Gasteiger partial charge in [-0.05, 0) is 31.8 Å². The molecule has 2 rings (SSSR count). The predicted molar refractivity (Wildman–Crippen MR) is 82.4 cm³/mol. The first kappa shape index (κ1) is 15.0. The van der Waals surface area contributed by atoms with Gasteiger partial charge in [0.1, 0.15) is 11.6 Å². The van der Waals surface area contributed by atoms with Crippen LogP contribution in [0.3, 0.4) is 0 Å². The number of hydrogen-bond donors (Lipinski definition) is 2. The van der Waals surface area contributed by atoms with Crippen LogP contribution >= 0.6 is 0 Å². The molecule has 0 spiro atoms. The molecule has 0 aliphatic carbocycles. The van der Waals surface area contributed by atoms with Gasteiger partial charge in [0.25, 0.3) is 5.56 Å². The number of aromatic amines is 1. The minimum Gasteiger partial charge on any atom is -0.356 e. The van der Waals surface area contributed by atoms with Crippen LogP contribution in [0.1, 0.15) is 45.4 Å². The maximum absolute atomic E-state index is 11.7. The SMILES string of the molecule is CCNCC1CCN(c2cc(=O)[nH]c(C(C)C)n2)CC1. The van der Waals surface area contributed by atoms with Crippen molar-refractivity contribution in [2.45, 2.75) is 39.5 Å². The Labute approximate surface area is 120 Å². The lowest BCUT2D eigenvalue weighted by atomic mass is 9.97. The molecule has 1 aromatic heterocycles. The zero-order valence-electron chi connectivity index (χ0n) is 12.8. The monoisotopic (exact) mass is 278 g/mol. The lowest BCUT2D eigenvalue weighted by Gasteiger charge is -2.33. The second kappa shape index (κ2) is 6.88. The number of rotatable bonds is 5. The van der Waals surface area contributed by atoms with Crippen molar-refractivity contribution in [3.05, 3.63) is 22.2 Å². The van der Waals surface area contributed by atoms with Crippen molar-refractivity contribution in [2.75, 3.05) is 31.1 Å². The average Bonchev–Trinajstić information content (AvgIpc) is 2.45. The standard InChI is InChI=1S/C15H26N4O/c1-4-16-10-12-5-7-19(8-6-12)13-9-14(20)18-15(17-13)11(2)3/h9,11-12,16H,4-8,10H2,1-3H3,(H,17,18,20). The summed E-state index contributed by atoms with van der Waals surface area (Å²) in [6.45, 7) is 10.4. The Morgan fingerprint density at radius 3 is 2.75 bits per heavy atom. The summed E-state index contributed by atoms with van der Waals surface area (Å²) < 4.78 is 0. The fourth-order valence-electron chi connectivity index (χ4n) is 2.61. The molecule has 0 radical (unpaired) electrons. The first-order valence-electron chi connectivity index (χ1n) is 7.67. The molecule has 1 aliphatic rings. The van der Waals surface area contributed by atoms with E-state index in [-0.39, 0.29) is 11.5 Å². The third-order valence-corrected chi connectivity index (χ3v) is 3.91. The highest BCUT2D eigenvalue weighted by Crippen LogP contribution is 2.21. The molecule has 5 nitrogen and oxygen atoms in total. The fourth-order valence-corrected chi connectivity index (χ4v) is 2.61. The van der Waals surface area contributed by atoms with E-state index in [0.717, 1.165) is 43.7 Å². The Bertz CT molecular complexity index is 475. The minimum atomic E-state index is -0.0477. The number of piperidine rings is 1. The van der Waals surface area contributed by atoms with Crippen LogP contribution in [-0.4, -0.2) is 36.1 Å². The quantitative estimate of drug-likeness (QED) is 0.861. The Hall–Kier alpha value is -1.36. The van der Waals surface area contributed by atoms with E-state index in [2.05, 4.69) is 27.1 Å². The van der Waals surface area contributed by atoms with Gasteiger partial charge in [-0.25, -0.2) is 4.98 Å². The van der Waals surface area contributed by atoms with Gasteiger partial charge >= 0.3 is 0 Å². The number of anilines is 1. The van der Waals surface area contributed by atoms with E-state index in [1.165, 1.54) is 12.8 Å². The van der Waals surface area contributed by atoms with E-state index in [1.54, 1.807) is 6.07 Å². The molecular weight excluding hydrogens is 252 g/mol. The molecule has 20 heavy (non-hydrogen) atoms. The summed E-state index contributed by atoms with van der Waals surface area (Å²) in [6, 6.07) is 1.62. The Morgan fingerprint density at radius 2 is 2.15 bits per heavy atom. The lowest BCUT2D eigenvalue weighted by Crippen LogP contribution is -2.38. The van der Waals surface area contributed by atoms with Gasteiger partial charge in [0.05, 0.1) is 0 Å². The van der Waals surface area contributed by atoms with Crippen molar-refractivity contribution in [1.82, 2.24) is 15.3 Å². The first-order valence-corrected chi connectivity index (χ1v) is 7.67. The third kappa shape index (κ3) is 3.82. The number of nitrogens with one attached hydrogen (secondary N) is 2. The van der Waals surface area contributed by atoms with Crippen molar-refractivity contribution >= 4 is 5.82 Å². The van der Waals surface area contributed by atoms with E-state index in [4.69, 9.17) is 0 Å². The second-order valence-corrected chi connectivity index (χ2v) is 5.88. The molecule has 5 heteroatoms. The van der Waals surface area contributed by atoms with Crippen molar-refractivity contribution in [3.63, 3.8) is 0 Å². The predicted octanol–water partition coefficient (Wildman–Crippen LogP) is 1.72. The largest absolute Gasteiger partial charge is 0.356 e. The molecular formula is C15H26N4O. The molecule has 1 aliphatic heterocycles. The molecule has 0 amide bonds. The number of aromatic nitrogens is 2. The van der Waals surface area contributed by atoms with Gasteiger partial charge < -0.3 is 15.2 Å². The normalized spacial score (nSPS) is 16.9. The average molecular weight is 278 g/mol. The highest BCUT2D eigenvalue weighted by Gasteiger charge is 2.20. The smallest absolute Gasteiger partial charge is 0.252 e. The van der Waals surface area contributed by atoms with Gasteiger partial charge in [0.15, 0.2) is 0 Å². The summed E-state index contributed by atoms with van der Waals surface area (Å²) in [6.07, 6.45) is 2.33. The lowest BCUT2D eigenvalue weighted by molar-refractivity contribution is 0.385. The van der Waals surface area contributed by atoms with Crippen LogP contribution in [0.4, 0.5) is 5.82 Å². The number of H-pyrrole nitrogens is 1. The number of nitrogens with zero attached hydrogens (tertiary/aromatic N) is 2. The molecule has 1 aromatic rings.